The quantitative estimate of drug-likeness (QED) is 0.728. The summed E-state index contributed by atoms with van der Waals surface area (Å²) < 4.78 is 0. The molecule has 0 fully saturated rings. The van der Waals surface area contributed by atoms with Gasteiger partial charge in [0, 0.05) is 10.7 Å². The van der Waals surface area contributed by atoms with Gasteiger partial charge < -0.3 is 11.1 Å². The van der Waals surface area contributed by atoms with Crippen LogP contribution >= 0.6 is 24.0 Å². The van der Waals surface area contributed by atoms with Crippen LogP contribution in [0.5, 0.6) is 0 Å². The third-order valence-corrected chi connectivity index (χ3v) is 1.36. The molecule has 0 spiro atoms. The molecular weight excluding hydrogens is 199 g/mol. The Kier molecular flexibility index (Phi) is 4.47. The maximum atomic E-state index is 10.3. The standard InChI is InChI=1S/C7H7ClN2O.ClH/c8-5-1-3-6(4-2-5)10-7(9)11;/h1-4H,(H3,9,10,11);1H. The molecular formula is C7H8Cl2N2O. The van der Waals surface area contributed by atoms with Crippen molar-refractivity contribution in [2.24, 2.45) is 5.73 Å². The number of amides is 2. The molecule has 0 aliphatic rings. The zero-order valence-corrected chi connectivity index (χ0v) is 7.65. The molecule has 0 saturated heterocycles. The van der Waals surface area contributed by atoms with Gasteiger partial charge in [-0.2, -0.15) is 0 Å². The number of anilines is 1. The average molecular weight is 207 g/mol. The molecule has 66 valence electrons. The van der Waals surface area contributed by atoms with Gasteiger partial charge in [0.2, 0.25) is 0 Å². The van der Waals surface area contributed by atoms with Crippen LogP contribution in [-0.2, 0) is 0 Å². The van der Waals surface area contributed by atoms with E-state index in [-0.39, 0.29) is 12.4 Å². The van der Waals surface area contributed by atoms with Crippen LogP contribution in [0, 0.1) is 0 Å². The second kappa shape index (κ2) is 4.85. The van der Waals surface area contributed by atoms with Gasteiger partial charge in [0.05, 0.1) is 0 Å². The maximum Gasteiger partial charge on any atom is 0.316 e. The highest BCUT2D eigenvalue weighted by Gasteiger charge is 1.93. The number of hydrogen-bond acceptors (Lipinski definition) is 1. The highest BCUT2D eigenvalue weighted by Crippen LogP contribution is 2.12. The fourth-order valence-corrected chi connectivity index (χ4v) is 0.801. The van der Waals surface area contributed by atoms with Crippen molar-refractivity contribution in [3.05, 3.63) is 29.3 Å². The van der Waals surface area contributed by atoms with Crippen molar-refractivity contribution < 1.29 is 4.79 Å². The normalized spacial score (nSPS) is 8.42. The van der Waals surface area contributed by atoms with Crippen molar-refractivity contribution in [3.8, 4) is 0 Å². The SMILES string of the molecule is Cl.NC(=O)Nc1ccc(Cl)cc1. The van der Waals surface area contributed by atoms with Gasteiger partial charge in [-0.3, -0.25) is 0 Å². The number of halogens is 2. The monoisotopic (exact) mass is 206 g/mol. The van der Waals surface area contributed by atoms with Gasteiger partial charge in [0.25, 0.3) is 0 Å². The van der Waals surface area contributed by atoms with Crippen molar-refractivity contribution in [2.75, 3.05) is 5.32 Å². The van der Waals surface area contributed by atoms with Crippen LogP contribution in [0.2, 0.25) is 5.02 Å². The minimum absolute atomic E-state index is 0. The highest BCUT2D eigenvalue weighted by atomic mass is 35.5. The number of primary amides is 1. The number of urea groups is 1. The minimum Gasteiger partial charge on any atom is -0.351 e. The lowest BCUT2D eigenvalue weighted by Gasteiger charge is -1.99. The van der Waals surface area contributed by atoms with Crippen molar-refractivity contribution >= 4 is 35.7 Å². The van der Waals surface area contributed by atoms with E-state index in [4.69, 9.17) is 17.3 Å². The molecule has 0 aromatic heterocycles. The van der Waals surface area contributed by atoms with Gasteiger partial charge in [0.15, 0.2) is 0 Å². The first kappa shape index (κ1) is 11.1. The Hall–Kier alpha value is -0.930. The first-order valence-corrected chi connectivity index (χ1v) is 3.38. The van der Waals surface area contributed by atoms with E-state index in [0.717, 1.165) is 0 Å². The average Bonchev–Trinajstić information content (AvgIpc) is 1.93. The zero-order valence-electron chi connectivity index (χ0n) is 6.08. The third-order valence-electron chi connectivity index (χ3n) is 1.11. The summed E-state index contributed by atoms with van der Waals surface area (Å²) in [5, 5.41) is 3.04. The van der Waals surface area contributed by atoms with E-state index in [9.17, 15) is 4.79 Å². The van der Waals surface area contributed by atoms with E-state index >= 15 is 0 Å². The van der Waals surface area contributed by atoms with Crippen LogP contribution in [0.15, 0.2) is 24.3 Å². The number of hydrogen-bond donors (Lipinski definition) is 2. The number of nitrogens with two attached hydrogens (primary N) is 1. The largest absolute Gasteiger partial charge is 0.351 e. The predicted molar refractivity (Wildman–Crippen MR) is 51.9 cm³/mol. The lowest BCUT2D eigenvalue weighted by atomic mass is 10.3. The van der Waals surface area contributed by atoms with E-state index in [1.807, 2.05) is 0 Å². The van der Waals surface area contributed by atoms with Gasteiger partial charge in [-0.15, -0.1) is 12.4 Å². The van der Waals surface area contributed by atoms with Gasteiger partial charge in [-0.05, 0) is 24.3 Å². The molecule has 3 N–H and O–H groups in total. The molecule has 0 saturated carbocycles. The predicted octanol–water partition coefficient (Wildman–Crippen LogP) is 2.25. The summed E-state index contributed by atoms with van der Waals surface area (Å²) in [6.45, 7) is 0. The number of carbonyl (C=O) groups excluding carboxylic acids is 1. The first-order chi connectivity index (χ1) is 5.18. The maximum absolute atomic E-state index is 10.3. The first-order valence-electron chi connectivity index (χ1n) is 3.00. The number of rotatable bonds is 1. The van der Waals surface area contributed by atoms with E-state index < -0.39 is 6.03 Å². The van der Waals surface area contributed by atoms with E-state index in [1.165, 1.54) is 0 Å². The van der Waals surface area contributed by atoms with Crippen molar-refractivity contribution in [3.63, 3.8) is 0 Å². The lowest BCUT2D eigenvalue weighted by Crippen LogP contribution is -2.18. The zero-order chi connectivity index (χ0) is 8.27. The van der Waals surface area contributed by atoms with Crippen LogP contribution in [-0.4, -0.2) is 6.03 Å². The topological polar surface area (TPSA) is 55.1 Å². The van der Waals surface area contributed by atoms with Gasteiger partial charge in [0.1, 0.15) is 0 Å². The summed E-state index contributed by atoms with van der Waals surface area (Å²) >= 11 is 5.60. The molecule has 3 nitrogen and oxygen atoms in total. The summed E-state index contributed by atoms with van der Waals surface area (Å²) in [6.07, 6.45) is 0. The van der Waals surface area contributed by atoms with Crippen LogP contribution in [0.4, 0.5) is 10.5 Å². The summed E-state index contributed by atoms with van der Waals surface area (Å²) in [6, 6.07) is 6.12. The Labute approximate surface area is 81.3 Å². The van der Waals surface area contributed by atoms with Crippen molar-refractivity contribution in [1.82, 2.24) is 0 Å². The van der Waals surface area contributed by atoms with E-state index in [2.05, 4.69) is 5.32 Å². The molecule has 0 radical (unpaired) electrons. The van der Waals surface area contributed by atoms with Crippen LogP contribution < -0.4 is 11.1 Å². The molecule has 0 heterocycles. The van der Waals surface area contributed by atoms with Gasteiger partial charge >= 0.3 is 6.03 Å². The second-order valence-electron chi connectivity index (χ2n) is 2.00. The fraction of sp³-hybridized carbons (Fsp3) is 0. The molecule has 12 heavy (non-hydrogen) atoms. The lowest BCUT2D eigenvalue weighted by molar-refractivity contribution is 0.259. The number of benzene rings is 1. The Bertz CT molecular complexity index is 261. The smallest absolute Gasteiger partial charge is 0.316 e. The van der Waals surface area contributed by atoms with Gasteiger partial charge in [-0.25, -0.2) is 4.79 Å². The molecule has 0 unspecified atom stereocenters. The van der Waals surface area contributed by atoms with E-state index in [1.54, 1.807) is 24.3 Å². The highest BCUT2D eigenvalue weighted by molar-refractivity contribution is 6.30. The summed E-state index contributed by atoms with van der Waals surface area (Å²) in [7, 11) is 0. The summed E-state index contributed by atoms with van der Waals surface area (Å²) in [4.78, 5) is 10.3. The fourth-order valence-electron chi connectivity index (χ4n) is 0.675. The molecule has 1 rings (SSSR count). The van der Waals surface area contributed by atoms with Crippen LogP contribution in [0.25, 0.3) is 0 Å². The Balaban J connectivity index is 0.00000121. The number of carbonyl (C=O) groups is 1. The number of nitrogens with one attached hydrogen (secondary N) is 1. The molecule has 1 aromatic rings. The molecule has 5 heteroatoms. The van der Waals surface area contributed by atoms with Gasteiger partial charge in [-0.1, -0.05) is 11.6 Å². The summed E-state index contributed by atoms with van der Waals surface area (Å²) in [5.41, 5.74) is 5.52. The van der Waals surface area contributed by atoms with Crippen LogP contribution in [0.3, 0.4) is 0 Å². The Morgan fingerprint density at radius 2 is 1.83 bits per heavy atom. The van der Waals surface area contributed by atoms with Crippen molar-refractivity contribution in [2.45, 2.75) is 0 Å². The van der Waals surface area contributed by atoms with Crippen molar-refractivity contribution in [1.29, 1.82) is 0 Å². The van der Waals surface area contributed by atoms with Crippen LogP contribution in [0.1, 0.15) is 0 Å². The Morgan fingerprint density at radius 1 is 1.33 bits per heavy atom. The third kappa shape index (κ3) is 3.46. The molecule has 2 amide bonds. The minimum atomic E-state index is -0.577. The molecule has 0 bridgehead atoms. The van der Waals surface area contributed by atoms with E-state index in [0.29, 0.717) is 10.7 Å². The Morgan fingerprint density at radius 3 is 2.25 bits per heavy atom. The molecule has 0 atom stereocenters. The molecule has 0 aliphatic heterocycles. The summed E-state index contributed by atoms with van der Waals surface area (Å²) in [5.74, 6) is 0. The molecule has 0 aliphatic carbocycles. The molecule has 1 aromatic carbocycles. The second-order valence-corrected chi connectivity index (χ2v) is 2.43.